The van der Waals surface area contributed by atoms with Crippen LogP contribution in [0.15, 0.2) is 54.6 Å². The Kier molecular flexibility index (Phi) is 6.58. The SMILES string of the molecule is O=C(NCCc1ccccc1)C1CCN(C(=O)CCc2ccc(F)cc2)C1. The summed E-state index contributed by atoms with van der Waals surface area (Å²) in [7, 11) is 0. The van der Waals surface area contributed by atoms with E-state index in [1.54, 1.807) is 17.0 Å². The molecule has 142 valence electrons. The summed E-state index contributed by atoms with van der Waals surface area (Å²) in [6.45, 7) is 1.72. The van der Waals surface area contributed by atoms with E-state index >= 15 is 0 Å². The van der Waals surface area contributed by atoms with E-state index in [-0.39, 0.29) is 23.5 Å². The third-order valence-corrected chi connectivity index (χ3v) is 5.01. The number of carbonyl (C=O) groups is 2. The van der Waals surface area contributed by atoms with Crippen LogP contribution in [0.5, 0.6) is 0 Å². The van der Waals surface area contributed by atoms with Crippen LogP contribution in [0.1, 0.15) is 24.0 Å². The number of nitrogens with one attached hydrogen (secondary N) is 1. The minimum absolute atomic E-state index is 0.0276. The summed E-state index contributed by atoms with van der Waals surface area (Å²) in [6, 6.07) is 16.3. The van der Waals surface area contributed by atoms with E-state index in [1.165, 1.54) is 17.7 Å². The van der Waals surface area contributed by atoms with Crippen LogP contribution >= 0.6 is 0 Å². The maximum absolute atomic E-state index is 12.9. The smallest absolute Gasteiger partial charge is 0.224 e. The Morgan fingerprint density at radius 2 is 1.70 bits per heavy atom. The van der Waals surface area contributed by atoms with E-state index in [9.17, 15) is 14.0 Å². The maximum Gasteiger partial charge on any atom is 0.224 e. The summed E-state index contributed by atoms with van der Waals surface area (Å²) in [5.41, 5.74) is 2.14. The molecule has 1 unspecified atom stereocenters. The first-order chi connectivity index (χ1) is 13.1. The number of hydrogen-bond donors (Lipinski definition) is 1. The number of nitrogens with zero attached hydrogens (tertiary/aromatic N) is 1. The topological polar surface area (TPSA) is 49.4 Å². The van der Waals surface area contributed by atoms with Crippen molar-refractivity contribution in [2.45, 2.75) is 25.7 Å². The van der Waals surface area contributed by atoms with Gasteiger partial charge in [0.1, 0.15) is 5.82 Å². The average Bonchev–Trinajstić information content (AvgIpc) is 3.18. The molecule has 4 nitrogen and oxygen atoms in total. The van der Waals surface area contributed by atoms with Gasteiger partial charge >= 0.3 is 0 Å². The standard InChI is InChI=1S/C22H25FN2O2/c23-20-9-6-18(7-10-20)8-11-21(26)25-15-13-19(16-25)22(27)24-14-12-17-4-2-1-3-5-17/h1-7,9-10,19H,8,11-16H2,(H,24,27). The van der Waals surface area contributed by atoms with E-state index in [0.29, 0.717) is 38.9 Å². The Labute approximate surface area is 159 Å². The van der Waals surface area contributed by atoms with Crippen molar-refractivity contribution in [3.8, 4) is 0 Å². The van der Waals surface area contributed by atoms with Crippen LogP contribution < -0.4 is 5.32 Å². The van der Waals surface area contributed by atoms with Gasteiger partial charge in [-0.1, -0.05) is 42.5 Å². The van der Waals surface area contributed by atoms with Crippen molar-refractivity contribution in [1.29, 1.82) is 0 Å². The number of likely N-dealkylation sites (tertiary alicyclic amines) is 1. The van der Waals surface area contributed by atoms with Crippen molar-refractivity contribution >= 4 is 11.8 Å². The normalized spacial score (nSPS) is 16.3. The van der Waals surface area contributed by atoms with Gasteiger partial charge in [0.15, 0.2) is 0 Å². The highest BCUT2D eigenvalue weighted by molar-refractivity contribution is 5.82. The molecule has 3 rings (SSSR count). The molecule has 1 aliphatic heterocycles. The molecule has 1 fully saturated rings. The molecule has 0 saturated carbocycles. The van der Waals surface area contributed by atoms with Crippen LogP contribution in [0, 0.1) is 11.7 Å². The molecule has 2 amide bonds. The van der Waals surface area contributed by atoms with Gasteiger partial charge in [0.2, 0.25) is 11.8 Å². The van der Waals surface area contributed by atoms with Crippen LogP contribution in [0.25, 0.3) is 0 Å². The van der Waals surface area contributed by atoms with Crippen LogP contribution in [0.3, 0.4) is 0 Å². The van der Waals surface area contributed by atoms with E-state index in [1.807, 2.05) is 30.3 Å². The zero-order chi connectivity index (χ0) is 19.1. The summed E-state index contributed by atoms with van der Waals surface area (Å²) in [6.07, 6.45) is 2.48. The molecule has 1 atom stereocenters. The van der Waals surface area contributed by atoms with Crippen LogP contribution in [-0.2, 0) is 22.4 Å². The Morgan fingerprint density at radius 3 is 2.44 bits per heavy atom. The first-order valence-corrected chi connectivity index (χ1v) is 9.45. The Morgan fingerprint density at radius 1 is 1.00 bits per heavy atom. The highest BCUT2D eigenvalue weighted by Gasteiger charge is 2.30. The lowest BCUT2D eigenvalue weighted by molar-refractivity contribution is -0.130. The van der Waals surface area contributed by atoms with Gasteiger partial charge in [-0.05, 0) is 42.5 Å². The van der Waals surface area contributed by atoms with Gasteiger partial charge in [0.25, 0.3) is 0 Å². The molecule has 0 radical (unpaired) electrons. The van der Waals surface area contributed by atoms with E-state index < -0.39 is 0 Å². The van der Waals surface area contributed by atoms with Gasteiger partial charge in [-0.15, -0.1) is 0 Å². The second-order valence-electron chi connectivity index (χ2n) is 6.98. The van der Waals surface area contributed by atoms with Crippen molar-refractivity contribution in [2.75, 3.05) is 19.6 Å². The lowest BCUT2D eigenvalue weighted by atomic mass is 10.1. The molecular formula is C22H25FN2O2. The minimum atomic E-state index is -0.272. The van der Waals surface area contributed by atoms with Crippen LogP contribution in [0.2, 0.25) is 0 Å². The van der Waals surface area contributed by atoms with E-state index in [2.05, 4.69) is 5.32 Å². The fraction of sp³-hybridized carbons (Fsp3) is 0.364. The summed E-state index contributed by atoms with van der Waals surface area (Å²) < 4.78 is 12.9. The molecule has 1 aliphatic rings. The molecule has 2 aromatic rings. The lowest BCUT2D eigenvalue weighted by Crippen LogP contribution is -2.35. The number of hydrogen-bond acceptors (Lipinski definition) is 2. The second kappa shape index (κ2) is 9.31. The molecule has 0 spiro atoms. The molecule has 0 bridgehead atoms. The number of carbonyl (C=O) groups excluding carboxylic acids is 2. The van der Waals surface area contributed by atoms with Crippen molar-refractivity contribution in [1.82, 2.24) is 10.2 Å². The second-order valence-corrected chi connectivity index (χ2v) is 6.98. The van der Waals surface area contributed by atoms with Gasteiger partial charge in [-0.3, -0.25) is 9.59 Å². The highest BCUT2D eigenvalue weighted by Crippen LogP contribution is 2.18. The summed E-state index contributed by atoms with van der Waals surface area (Å²) in [5, 5.41) is 2.98. The van der Waals surface area contributed by atoms with Crippen LogP contribution in [0.4, 0.5) is 4.39 Å². The fourth-order valence-corrected chi connectivity index (χ4v) is 3.38. The van der Waals surface area contributed by atoms with Crippen molar-refractivity contribution < 1.29 is 14.0 Å². The van der Waals surface area contributed by atoms with Crippen molar-refractivity contribution in [2.24, 2.45) is 5.92 Å². The first kappa shape index (κ1) is 19.1. The number of halogens is 1. The van der Waals surface area contributed by atoms with Crippen molar-refractivity contribution in [3.63, 3.8) is 0 Å². The number of benzene rings is 2. The molecule has 1 saturated heterocycles. The monoisotopic (exact) mass is 368 g/mol. The summed E-state index contributed by atoms with van der Waals surface area (Å²) in [5.74, 6) is -0.319. The third-order valence-electron chi connectivity index (χ3n) is 5.01. The largest absolute Gasteiger partial charge is 0.355 e. The fourth-order valence-electron chi connectivity index (χ4n) is 3.38. The number of aryl methyl sites for hydroxylation is 1. The lowest BCUT2D eigenvalue weighted by Gasteiger charge is -2.16. The molecular weight excluding hydrogens is 343 g/mol. The minimum Gasteiger partial charge on any atom is -0.355 e. The number of rotatable bonds is 7. The quantitative estimate of drug-likeness (QED) is 0.817. The van der Waals surface area contributed by atoms with Crippen molar-refractivity contribution in [3.05, 3.63) is 71.5 Å². The summed E-state index contributed by atoms with van der Waals surface area (Å²) >= 11 is 0. The molecule has 5 heteroatoms. The Hall–Kier alpha value is -2.69. The van der Waals surface area contributed by atoms with Gasteiger partial charge in [-0.25, -0.2) is 4.39 Å². The van der Waals surface area contributed by atoms with Crippen LogP contribution in [-0.4, -0.2) is 36.3 Å². The Balaban J connectivity index is 1.38. The molecule has 0 aromatic heterocycles. The van der Waals surface area contributed by atoms with E-state index in [4.69, 9.17) is 0 Å². The van der Waals surface area contributed by atoms with Gasteiger partial charge in [0.05, 0.1) is 5.92 Å². The van der Waals surface area contributed by atoms with Gasteiger partial charge < -0.3 is 10.2 Å². The molecule has 27 heavy (non-hydrogen) atoms. The van der Waals surface area contributed by atoms with Gasteiger partial charge in [0, 0.05) is 26.1 Å². The molecule has 0 aliphatic carbocycles. The van der Waals surface area contributed by atoms with E-state index in [0.717, 1.165) is 12.0 Å². The zero-order valence-electron chi connectivity index (χ0n) is 15.4. The zero-order valence-corrected chi connectivity index (χ0v) is 15.4. The molecule has 1 N–H and O–H groups in total. The molecule has 2 aromatic carbocycles. The average molecular weight is 368 g/mol. The first-order valence-electron chi connectivity index (χ1n) is 9.45. The number of amides is 2. The predicted octanol–water partition coefficient (Wildman–Crippen LogP) is 2.97. The highest BCUT2D eigenvalue weighted by atomic mass is 19.1. The third kappa shape index (κ3) is 5.64. The van der Waals surface area contributed by atoms with Gasteiger partial charge in [-0.2, -0.15) is 0 Å². The maximum atomic E-state index is 12.9. The summed E-state index contributed by atoms with van der Waals surface area (Å²) in [4.78, 5) is 26.5. The predicted molar refractivity (Wildman–Crippen MR) is 103 cm³/mol. The molecule has 1 heterocycles. The Bertz CT molecular complexity index is 762.